The van der Waals surface area contributed by atoms with E-state index >= 15 is 0 Å². The minimum Gasteiger partial charge on any atom is -0.396 e. The van der Waals surface area contributed by atoms with Gasteiger partial charge in [-0.3, -0.25) is 9.59 Å². The Labute approximate surface area is 83.9 Å². The maximum Gasteiger partial charge on any atom is 0.237 e. The van der Waals surface area contributed by atoms with Gasteiger partial charge in [0.25, 0.3) is 0 Å². The Balaban J connectivity index is 3.85. The first kappa shape index (κ1) is 12.9. The molecule has 0 aromatic heterocycles. The maximum absolute atomic E-state index is 11.4. The van der Waals surface area contributed by atoms with Crippen molar-refractivity contribution in [2.45, 2.75) is 26.2 Å². The Morgan fingerprint density at radius 1 is 1.36 bits per heavy atom. The molecule has 0 unspecified atom stereocenters. The first-order chi connectivity index (χ1) is 6.61. The van der Waals surface area contributed by atoms with E-state index in [2.05, 4.69) is 0 Å². The lowest BCUT2D eigenvalue weighted by Crippen LogP contribution is -2.38. The Morgan fingerprint density at radius 2 is 2.00 bits per heavy atom. The van der Waals surface area contributed by atoms with Gasteiger partial charge in [-0.25, -0.2) is 0 Å². The van der Waals surface area contributed by atoms with E-state index < -0.39 is 5.91 Å². The molecule has 0 heterocycles. The molecule has 0 saturated carbocycles. The van der Waals surface area contributed by atoms with Crippen molar-refractivity contribution in [3.05, 3.63) is 0 Å². The largest absolute Gasteiger partial charge is 0.396 e. The number of likely N-dealkylation sites (N-methyl/N-ethyl adjacent to an activating group) is 1. The lowest BCUT2D eigenvalue weighted by atomic mass is 10.2. The standard InChI is InChI=1S/C9H18N2O3/c1-2-11(7-8(10)13)9(14)5-3-4-6-12/h12H,2-7H2,1H3,(H2,10,13). The zero-order chi connectivity index (χ0) is 11.0. The molecular weight excluding hydrogens is 184 g/mol. The molecule has 0 aliphatic heterocycles. The summed E-state index contributed by atoms with van der Waals surface area (Å²) in [6, 6.07) is 0. The first-order valence-electron chi connectivity index (χ1n) is 4.78. The van der Waals surface area contributed by atoms with Crippen molar-refractivity contribution in [1.29, 1.82) is 0 Å². The van der Waals surface area contributed by atoms with Crippen LogP contribution >= 0.6 is 0 Å². The molecule has 0 aliphatic rings. The van der Waals surface area contributed by atoms with Gasteiger partial charge < -0.3 is 15.7 Å². The molecule has 82 valence electrons. The third kappa shape index (κ3) is 5.53. The fraction of sp³-hybridized carbons (Fsp3) is 0.778. The van der Waals surface area contributed by atoms with Gasteiger partial charge in [-0.05, 0) is 19.8 Å². The van der Waals surface area contributed by atoms with Crippen LogP contribution in [0.15, 0.2) is 0 Å². The predicted octanol–water partition coefficient (Wildman–Crippen LogP) is -0.517. The van der Waals surface area contributed by atoms with E-state index in [1.165, 1.54) is 4.90 Å². The highest BCUT2D eigenvalue weighted by molar-refractivity contribution is 5.83. The van der Waals surface area contributed by atoms with Gasteiger partial charge in [0.15, 0.2) is 0 Å². The van der Waals surface area contributed by atoms with Crippen molar-refractivity contribution in [3.63, 3.8) is 0 Å². The van der Waals surface area contributed by atoms with Crippen molar-refractivity contribution in [2.75, 3.05) is 19.7 Å². The predicted molar refractivity (Wildman–Crippen MR) is 52.4 cm³/mol. The summed E-state index contributed by atoms with van der Waals surface area (Å²) in [7, 11) is 0. The fourth-order valence-corrected chi connectivity index (χ4v) is 1.11. The lowest BCUT2D eigenvalue weighted by Gasteiger charge is -2.18. The number of nitrogens with zero attached hydrogens (tertiary/aromatic N) is 1. The summed E-state index contributed by atoms with van der Waals surface area (Å²) in [6.07, 6.45) is 1.62. The van der Waals surface area contributed by atoms with Crippen molar-refractivity contribution in [1.82, 2.24) is 4.90 Å². The van der Waals surface area contributed by atoms with Crippen LogP contribution in [-0.2, 0) is 9.59 Å². The van der Waals surface area contributed by atoms with Gasteiger partial charge in [-0.15, -0.1) is 0 Å². The zero-order valence-corrected chi connectivity index (χ0v) is 8.53. The highest BCUT2D eigenvalue weighted by atomic mass is 16.3. The van der Waals surface area contributed by atoms with Gasteiger partial charge in [0.1, 0.15) is 0 Å². The highest BCUT2D eigenvalue weighted by Crippen LogP contribution is 2.00. The molecule has 0 fully saturated rings. The second kappa shape index (κ2) is 7.32. The van der Waals surface area contributed by atoms with Gasteiger partial charge in [0.05, 0.1) is 6.54 Å². The summed E-state index contributed by atoms with van der Waals surface area (Å²) < 4.78 is 0. The highest BCUT2D eigenvalue weighted by Gasteiger charge is 2.12. The summed E-state index contributed by atoms with van der Waals surface area (Å²) in [5.41, 5.74) is 4.99. The van der Waals surface area contributed by atoms with Crippen LogP contribution in [0.4, 0.5) is 0 Å². The quantitative estimate of drug-likeness (QED) is 0.545. The molecular formula is C9H18N2O3. The molecule has 2 amide bonds. The number of hydrogen-bond acceptors (Lipinski definition) is 3. The van der Waals surface area contributed by atoms with Crippen LogP contribution in [0.5, 0.6) is 0 Å². The van der Waals surface area contributed by atoms with Gasteiger partial charge in [-0.1, -0.05) is 0 Å². The Kier molecular flexibility index (Phi) is 6.74. The minimum atomic E-state index is -0.498. The number of aliphatic hydroxyl groups is 1. The normalized spacial score (nSPS) is 9.86. The molecule has 0 bridgehead atoms. The van der Waals surface area contributed by atoms with Crippen molar-refractivity contribution in [2.24, 2.45) is 5.73 Å². The van der Waals surface area contributed by atoms with E-state index in [9.17, 15) is 9.59 Å². The molecule has 0 atom stereocenters. The number of hydrogen-bond donors (Lipinski definition) is 2. The Morgan fingerprint density at radius 3 is 2.43 bits per heavy atom. The van der Waals surface area contributed by atoms with Crippen molar-refractivity contribution < 1.29 is 14.7 Å². The summed E-state index contributed by atoms with van der Waals surface area (Å²) in [6.45, 7) is 2.36. The maximum atomic E-state index is 11.4. The van der Waals surface area contributed by atoms with Gasteiger partial charge >= 0.3 is 0 Å². The minimum absolute atomic E-state index is 0.0194. The average molecular weight is 202 g/mol. The summed E-state index contributed by atoms with van der Waals surface area (Å²) in [4.78, 5) is 23.4. The third-order valence-electron chi connectivity index (χ3n) is 1.88. The molecule has 0 aromatic carbocycles. The van der Waals surface area contributed by atoms with E-state index in [0.717, 1.165) is 0 Å². The Bertz CT molecular complexity index is 194. The molecule has 5 heteroatoms. The fourth-order valence-electron chi connectivity index (χ4n) is 1.11. The number of carbonyl (C=O) groups excluding carboxylic acids is 2. The van der Waals surface area contributed by atoms with E-state index in [4.69, 9.17) is 10.8 Å². The second-order valence-electron chi connectivity index (χ2n) is 3.05. The van der Waals surface area contributed by atoms with E-state index in [1.54, 1.807) is 6.92 Å². The number of aliphatic hydroxyl groups excluding tert-OH is 1. The van der Waals surface area contributed by atoms with Crippen LogP contribution < -0.4 is 5.73 Å². The monoisotopic (exact) mass is 202 g/mol. The molecule has 0 rings (SSSR count). The molecule has 0 aliphatic carbocycles. The molecule has 14 heavy (non-hydrogen) atoms. The third-order valence-corrected chi connectivity index (χ3v) is 1.88. The van der Waals surface area contributed by atoms with Crippen LogP contribution in [0.2, 0.25) is 0 Å². The number of rotatable bonds is 7. The smallest absolute Gasteiger partial charge is 0.237 e. The number of carbonyl (C=O) groups is 2. The van der Waals surface area contributed by atoms with Gasteiger partial charge in [0, 0.05) is 19.6 Å². The summed E-state index contributed by atoms with van der Waals surface area (Å²) in [5, 5.41) is 8.52. The molecule has 0 saturated heterocycles. The molecule has 0 aromatic rings. The number of unbranched alkanes of at least 4 members (excludes halogenated alkanes) is 1. The number of amides is 2. The SMILES string of the molecule is CCN(CC(N)=O)C(=O)CCCCO. The summed E-state index contributed by atoms with van der Waals surface area (Å²) in [5.74, 6) is -0.581. The lowest BCUT2D eigenvalue weighted by molar-refractivity contribution is -0.135. The van der Waals surface area contributed by atoms with Gasteiger partial charge in [0.2, 0.25) is 11.8 Å². The average Bonchev–Trinajstić information content (AvgIpc) is 2.14. The Hall–Kier alpha value is -1.10. The number of primary amides is 1. The zero-order valence-electron chi connectivity index (χ0n) is 8.53. The van der Waals surface area contributed by atoms with Crippen LogP contribution in [0, 0.1) is 0 Å². The molecule has 0 spiro atoms. The van der Waals surface area contributed by atoms with Crippen LogP contribution in [0.25, 0.3) is 0 Å². The van der Waals surface area contributed by atoms with Crippen LogP contribution in [0.1, 0.15) is 26.2 Å². The van der Waals surface area contributed by atoms with Crippen molar-refractivity contribution >= 4 is 11.8 Å². The van der Waals surface area contributed by atoms with E-state index in [0.29, 0.717) is 25.8 Å². The van der Waals surface area contributed by atoms with E-state index in [1.807, 2.05) is 0 Å². The molecule has 0 radical (unpaired) electrons. The van der Waals surface area contributed by atoms with E-state index in [-0.39, 0.29) is 19.1 Å². The van der Waals surface area contributed by atoms with Crippen LogP contribution in [0.3, 0.4) is 0 Å². The first-order valence-corrected chi connectivity index (χ1v) is 4.78. The number of nitrogens with two attached hydrogens (primary N) is 1. The van der Waals surface area contributed by atoms with Crippen molar-refractivity contribution in [3.8, 4) is 0 Å². The molecule has 3 N–H and O–H groups in total. The molecule has 5 nitrogen and oxygen atoms in total. The van der Waals surface area contributed by atoms with Gasteiger partial charge in [-0.2, -0.15) is 0 Å². The topological polar surface area (TPSA) is 83.6 Å². The summed E-state index contributed by atoms with van der Waals surface area (Å²) >= 11 is 0. The van der Waals surface area contributed by atoms with Crippen LogP contribution in [-0.4, -0.2) is 41.5 Å². The second-order valence-corrected chi connectivity index (χ2v) is 3.05.